The van der Waals surface area contributed by atoms with Gasteiger partial charge in [-0.1, -0.05) is 97.1 Å². The number of rotatable bonds is 2. The van der Waals surface area contributed by atoms with E-state index < -0.39 is 0 Å². The van der Waals surface area contributed by atoms with Crippen molar-refractivity contribution in [2.75, 3.05) is 0 Å². The van der Waals surface area contributed by atoms with Crippen molar-refractivity contribution in [2.45, 2.75) is 0 Å². The van der Waals surface area contributed by atoms with E-state index in [1.54, 1.807) is 0 Å². The molecule has 13 rings (SSSR count). The molecule has 0 radical (unpaired) electrons. The van der Waals surface area contributed by atoms with Crippen LogP contribution < -0.4 is 0 Å². The van der Waals surface area contributed by atoms with E-state index in [2.05, 4.69) is 144 Å². The van der Waals surface area contributed by atoms with Crippen LogP contribution in [0.25, 0.3) is 123 Å². The molecule has 0 saturated heterocycles. The van der Waals surface area contributed by atoms with Crippen LogP contribution in [0.15, 0.2) is 156 Å². The largest absolute Gasteiger partial charge is 0.456 e. The molecule has 13 aromatic rings. The lowest BCUT2D eigenvalue weighted by Gasteiger charge is -2.13. The van der Waals surface area contributed by atoms with E-state index in [1.165, 1.54) is 61.9 Å². The van der Waals surface area contributed by atoms with Gasteiger partial charge in [-0.25, -0.2) is 9.97 Å². The average molecular weight is 724 g/mol. The van der Waals surface area contributed by atoms with Gasteiger partial charge in [0.25, 0.3) is 0 Å². The molecular formula is C48H25N3OS2. The van der Waals surface area contributed by atoms with Crippen LogP contribution in [-0.2, 0) is 0 Å². The summed E-state index contributed by atoms with van der Waals surface area (Å²) in [5, 5.41) is 13.4. The van der Waals surface area contributed by atoms with Gasteiger partial charge in [0.1, 0.15) is 11.2 Å². The second-order valence-electron chi connectivity index (χ2n) is 14.0. The zero-order valence-corrected chi connectivity index (χ0v) is 30.1. The number of thiophene rings is 2. The van der Waals surface area contributed by atoms with Crippen molar-refractivity contribution in [1.82, 2.24) is 14.5 Å². The standard InChI is InChI=1S/C48H25N3OS2/c1-6-16-34-28(12-1)45(26-21-23-37-33(25-26)27-11-3-8-18-36(27)52-37)50-48(49-34)51-35-17-7-2-13-29(35)41-32-22-24-40-42(30-14-4-9-19-38(30)53-40)43(32)44-31-15-5-10-20-39(31)54-47(44)46(41)51/h1-25H. The molecule has 4 nitrogen and oxygen atoms in total. The van der Waals surface area contributed by atoms with Crippen LogP contribution in [0.2, 0.25) is 0 Å². The molecule has 0 spiro atoms. The third kappa shape index (κ3) is 3.75. The van der Waals surface area contributed by atoms with Gasteiger partial charge in [0.05, 0.1) is 26.9 Å². The molecule has 0 unspecified atom stereocenters. The molecule has 0 aliphatic carbocycles. The Hall–Kier alpha value is -6.60. The van der Waals surface area contributed by atoms with Gasteiger partial charge in [0, 0.05) is 73.5 Å². The van der Waals surface area contributed by atoms with Crippen molar-refractivity contribution in [2.24, 2.45) is 0 Å². The summed E-state index contributed by atoms with van der Waals surface area (Å²) in [7, 11) is 0. The minimum atomic E-state index is 0.659. The molecule has 8 aromatic carbocycles. The average Bonchev–Trinajstić information content (AvgIpc) is 3.99. The monoisotopic (exact) mass is 723 g/mol. The molecule has 0 N–H and O–H groups in total. The number of benzene rings is 8. The zero-order valence-electron chi connectivity index (χ0n) is 28.5. The minimum absolute atomic E-state index is 0.659. The summed E-state index contributed by atoms with van der Waals surface area (Å²) in [6.07, 6.45) is 0. The van der Waals surface area contributed by atoms with E-state index in [9.17, 15) is 0 Å². The Bertz CT molecular complexity index is 3750. The summed E-state index contributed by atoms with van der Waals surface area (Å²) in [5.74, 6) is 0.659. The highest BCUT2D eigenvalue weighted by Crippen LogP contribution is 2.51. The second-order valence-corrected chi connectivity index (χ2v) is 16.2. The third-order valence-corrected chi connectivity index (χ3v) is 13.5. The number of fused-ring (bicyclic) bond motifs is 18. The Balaban J connectivity index is 1.22. The van der Waals surface area contributed by atoms with Crippen LogP contribution in [0.3, 0.4) is 0 Å². The summed E-state index contributed by atoms with van der Waals surface area (Å²) in [4.78, 5) is 10.9. The fraction of sp³-hybridized carbons (Fsp3) is 0. The topological polar surface area (TPSA) is 43.9 Å². The van der Waals surface area contributed by atoms with Gasteiger partial charge in [-0.3, -0.25) is 4.57 Å². The first-order valence-corrected chi connectivity index (χ1v) is 19.7. The number of para-hydroxylation sites is 3. The van der Waals surface area contributed by atoms with Crippen LogP contribution in [-0.4, -0.2) is 14.5 Å². The molecule has 0 aliphatic heterocycles. The van der Waals surface area contributed by atoms with Crippen molar-refractivity contribution in [1.29, 1.82) is 0 Å². The van der Waals surface area contributed by atoms with Gasteiger partial charge in [-0.05, 0) is 60.0 Å². The third-order valence-electron chi connectivity index (χ3n) is 11.2. The maximum Gasteiger partial charge on any atom is 0.235 e. The molecular weight excluding hydrogens is 699 g/mol. The number of nitrogens with zero attached hydrogens (tertiary/aromatic N) is 3. The van der Waals surface area contributed by atoms with E-state index in [1.807, 2.05) is 34.8 Å². The molecule has 0 fully saturated rings. The Kier molecular flexibility index (Phi) is 5.63. The van der Waals surface area contributed by atoms with E-state index in [0.717, 1.165) is 55.1 Å². The number of aromatic nitrogens is 3. The predicted molar refractivity (Wildman–Crippen MR) is 230 cm³/mol. The zero-order chi connectivity index (χ0) is 35.1. The minimum Gasteiger partial charge on any atom is -0.456 e. The molecule has 0 bridgehead atoms. The normalized spacial score (nSPS) is 12.4. The fourth-order valence-electron chi connectivity index (χ4n) is 8.94. The lowest BCUT2D eigenvalue weighted by molar-refractivity contribution is 0.669. The molecule has 5 aromatic heterocycles. The maximum atomic E-state index is 6.22. The Morgan fingerprint density at radius 1 is 0.444 bits per heavy atom. The summed E-state index contributed by atoms with van der Waals surface area (Å²) < 4.78 is 13.7. The number of furan rings is 1. The lowest BCUT2D eigenvalue weighted by atomic mass is 9.95. The first kappa shape index (κ1) is 28.9. The lowest BCUT2D eigenvalue weighted by Crippen LogP contribution is -2.03. The Morgan fingerprint density at radius 3 is 2.00 bits per heavy atom. The van der Waals surface area contributed by atoms with Gasteiger partial charge in [-0.2, -0.15) is 0 Å². The number of hydrogen-bond acceptors (Lipinski definition) is 5. The first-order valence-electron chi connectivity index (χ1n) is 18.1. The van der Waals surface area contributed by atoms with Crippen LogP contribution >= 0.6 is 22.7 Å². The SMILES string of the molecule is c1ccc2c(-c3ccc4oc5ccccc5c4c3)nc(-n3c4ccccc4c4c5ccc6sc7ccccc7c6c5c5c6ccccc6sc5c43)nc2c1. The smallest absolute Gasteiger partial charge is 0.235 e. The van der Waals surface area contributed by atoms with Crippen LogP contribution in [0.4, 0.5) is 0 Å². The van der Waals surface area contributed by atoms with Gasteiger partial charge in [-0.15, -0.1) is 22.7 Å². The van der Waals surface area contributed by atoms with Crippen LogP contribution in [0.1, 0.15) is 0 Å². The van der Waals surface area contributed by atoms with Gasteiger partial charge in [0.2, 0.25) is 5.95 Å². The maximum absolute atomic E-state index is 6.22. The van der Waals surface area contributed by atoms with Gasteiger partial charge < -0.3 is 4.42 Å². The van der Waals surface area contributed by atoms with E-state index >= 15 is 0 Å². The predicted octanol–water partition coefficient (Wildman–Crippen LogP) is 14.2. The van der Waals surface area contributed by atoms with Crippen molar-refractivity contribution >= 4 is 128 Å². The highest BCUT2D eigenvalue weighted by atomic mass is 32.1. The Morgan fingerprint density at radius 2 is 1.13 bits per heavy atom. The fourth-order valence-corrected chi connectivity index (χ4v) is 11.3. The van der Waals surface area contributed by atoms with Crippen molar-refractivity contribution in [3.05, 3.63) is 152 Å². The van der Waals surface area contributed by atoms with Gasteiger partial charge in [0.15, 0.2) is 0 Å². The molecule has 250 valence electrons. The van der Waals surface area contributed by atoms with Crippen molar-refractivity contribution in [3.8, 4) is 17.2 Å². The quantitative estimate of drug-likeness (QED) is 0.178. The summed E-state index contributed by atoms with van der Waals surface area (Å²) in [5.41, 5.74) is 6.82. The highest BCUT2D eigenvalue weighted by molar-refractivity contribution is 7.27. The van der Waals surface area contributed by atoms with E-state index in [-0.39, 0.29) is 0 Å². The van der Waals surface area contributed by atoms with E-state index in [0.29, 0.717) is 5.95 Å². The number of hydrogen-bond donors (Lipinski definition) is 0. The van der Waals surface area contributed by atoms with Crippen molar-refractivity contribution < 1.29 is 4.42 Å². The van der Waals surface area contributed by atoms with Crippen LogP contribution in [0, 0.1) is 0 Å². The summed E-state index contributed by atoms with van der Waals surface area (Å²) in [6, 6.07) is 54.2. The summed E-state index contributed by atoms with van der Waals surface area (Å²) >= 11 is 3.75. The molecule has 5 heterocycles. The molecule has 0 atom stereocenters. The van der Waals surface area contributed by atoms with Crippen LogP contribution in [0.5, 0.6) is 0 Å². The highest BCUT2D eigenvalue weighted by Gasteiger charge is 2.25. The van der Waals surface area contributed by atoms with Gasteiger partial charge >= 0.3 is 0 Å². The Labute approximate surface area is 314 Å². The van der Waals surface area contributed by atoms with E-state index in [4.69, 9.17) is 14.4 Å². The second kappa shape index (κ2) is 10.5. The first-order chi connectivity index (χ1) is 26.8. The molecule has 0 amide bonds. The molecule has 54 heavy (non-hydrogen) atoms. The molecule has 0 aliphatic rings. The molecule has 6 heteroatoms. The molecule has 0 saturated carbocycles. The van der Waals surface area contributed by atoms with Crippen molar-refractivity contribution in [3.63, 3.8) is 0 Å². The summed E-state index contributed by atoms with van der Waals surface area (Å²) in [6.45, 7) is 0.